The number of amides is 1. The van der Waals surface area contributed by atoms with Crippen molar-refractivity contribution in [1.29, 1.82) is 0 Å². The van der Waals surface area contributed by atoms with E-state index in [0.717, 1.165) is 32.1 Å². The SMILES string of the molecule is CC(C)(C)OC(=O)N1C2CC3CC1CC(O)(C3)C2. The van der Waals surface area contributed by atoms with E-state index in [0.29, 0.717) is 5.92 Å². The van der Waals surface area contributed by atoms with Crippen molar-refractivity contribution in [2.24, 2.45) is 5.92 Å². The maximum Gasteiger partial charge on any atom is 0.410 e. The summed E-state index contributed by atoms with van der Waals surface area (Å²) in [4.78, 5) is 14.2. The van der Waals surface area contributed by atoms with Crippen LogP contribution >= 0.6 is 0 Å². The second kappa shape index (κ2) is 3.62. The van der Waals surface area contributed by atoms with Crippen molar-refractivity contribution >= 4 is 6.09 Å². The molecule has 0 aromatic carbocycles. The number of piperidine rings is 2. The van der Waals surface area contributed by atoms with E-state index in [1.54, 1.807) is 0 Å². The molecule has 0 aromatic rings. The Labute approximate surface area is 108 Å². The summed E-state index contributed by atoms with van der Waals surface area (Å²) in [6.45, 7) is 5.70. The average Bonchev–Trinajstić information content (AvgIpc) is 2.09. The van der Waals surface area contributed by atoms with E-state index >= 15 is 0 Å². The first-order valence-electron chi connectivity index (χ1n) is 6.99. The molecule has 2 atom stereocenters. The maximum atomic E-state index is 12.3. The lowest BCUT2D eigenvalue weighted by Gasteiger charge is -2.59. The zero-order valence-electron chi connectivity index (χ0n) is 11.5. The van der Waals surface area contributed by atoms with Gasteiger partial charge in [-0.25, -0.2) is 4.79 Å². The maximum absolute atomic E-state index is 12.3. The molecule has 102 valence electrons. The number of hydrogen-bond acceptors (Lipinski definition) is 3. The monoisotopic (exact) mass is 253 g/mol. The molecule has 4 rings (SSSR count). The Morgan fingerprint density at radius 3 is 2.22 bits per heavy atom. The van der Waals surface area contributed by atoms with E-state index in [2.05, 4.69) is 0 Å². The fourth-order valence-electron chi connectivity index (χ4n) is 4.20. The number of nitrogens with zero attached hydrogens (tertiary/aromatic N) is 1. The highest BCUT2D eigenvalue weighted by Crippen LogP contribution is 2.51. The topological polar surface area (TPSA) is 49.8 Å². The van der Waals surface area contributed by atoms with Gasteiger partial charge >= 0.3 is 6.09 Å². The number of ether oxygens (including phenoxy) is 1. The molecule has 4 bridgehead atoms. The molecule has 2 saturated heterocycles. The van der Waals surface area contributed by atoms with Crippen molar-refractivity contribution in [1.82, 2.24) is 4.90 Å². The summed E-state index contributed by atoms with van der Waals surface area (Å²) < 4.78 is 5.50. The zero-order valence-corrected chi connectivity index (χ0v) is 11.5. The number of carbonyl (C=O) groups is 1. The van der Waals surface area contributed by atoms with Crippen LogP contribution in [-0.4, -0.2) is 39.4 Å². The number of rotatable bonds is 0. The molecule has 1 N–H and O–H groups in total. The van der Waals surface area contributed by atoms with Gasteiger partial charge in [0, 0.05) is 12.1 Å². The second-order valence-corrected chi connectivity index (χ2v) is 7.37. The molecule has 0 aromatic heterocycles. The third kappa shape index (κ3) is 2.00. The molecule has 1 amide bonds. The Kier molecular flexibility index (Phi) is 2.47. The van der Waals surface area contributed by atoms with E-state index in [1.807, 2.05) is 25.7 Å². The highest BCUT2D eigenvalue weighted by molar-refractivity contribution is 5.69. The molecule has 4 aliphatic rings. The van der Waals surface area contributed by atoms with Crippen LogP contribution in [0.15, 0.2) is 0 Å². The van der Waals surface area contributed by atoms with Crippen LogP contribution in [0.5, 0.6) is 0 Å². The van der Waals surface area contributed by atoms with Gasteiger partial charge in [0.25, 0.3) is 0 Å². The molecule has 0 spiro atoms. The van der Waals surface area contributed by atoms with Crippen LogP contribution in [0.3, 0.4) is 0 Å². The Bertz CT molecular complexity index is 358. The van der Waals surface area contributed by atoms with Crippen LogP contribution in [0, 0.1) is 5.92 Å². The van der Waals surface area contributed by atoms with Gasteiger partial charge in [0.2, 0.25) is 0 Å². The standard InChI is InChI=1S/C14H23NO3/c1-13(2,3)18-12(16)15-10-4-9-5-11(15)8-14(17,6-9)7-10/h9-11,17H,4-8H2,1-3H3. The Morgan fingerprint density at radius 1 is 1.22 bits per heavy atom. The Hall–Kier alpha value is -0.770. The van der Waals surface area contributed by atoms with Gasteiger partial charge in [-0.05, 0) is 58.8 Å². The van der Waals surface area contributed by atoms with E-state index in [1.165, 1.54) is 0 Å². The fraction of sp³-hybridized carbons (Fsp3) is 0.929. The molecule has 18 heavy (non-hydrogen) atoms. The third-order valence-corrected chi connectivity index (χ3v) is 4.50. The second-order valence-electron chi connectivity index (χ2n) is 7.37. The first-order valence-corrected chi connectivity index (χ1v) is 6.99. The summed E-state index contributed by atoms with van der Waals surface area (Å²) >= 11 is 0. The Morgan fingerprint density at radius 2 is 1.78 bits per heavy atom. The minimum atomic E-state index is -0.505. The van der Waals surface area contributed by atoms with Crippen LogP contribution in [0.25, 0.3) is 0 Å². The van der Waals surface area contributed by atoms with Gasteiger partial charge in [-0.15, -0.1) is 0 Å². The molecule has 4 heteroatoms. The zero-order chi connectivity index (χ0) is 13.1. The average molecular weight is 253 g/mol. The molecule has 0 radical (unpaired) electrons. The van der Waals surface area contributed by atoms with Gasteiger partial charge in [-0.2, -0.15) is 0 Å². The van der Waals surface area contributed by atoms with Crippen molar-refractivity contribution in [2.75, 3.05) is 0 Å². The number of hydrogen-bond donors (Lipinski definition) is 1. The van der Waals surface area contributed by atoms with Gasteiger partial charge in [-0.3, -0.25) is 0 Å². The first kappa shape index (κ1) is 12.3. The van der Waals surface area contributed by atoms with Crippen LogP contribution in [0.1, 0.15) is 52.9 Å². The van der Waals surface area contributed by atoms with Crippen LogP contribution in [-0.2, 0) is 4.74 Å². The summed E-state index contributed by atoms with van der Waals surface area (Å²) in [5.41, 5.74) is -0.947. The fourth-order valence-corrected chi connectivity index (χ4v) is 4.20. The van der Waals surface area contributed by atoms with E-state index < -0.39 is 11.2 Å². The normalized spacial score (nSPS) is 42.2. The van der Waals surface area contributed by atoms with E-state index in [4.69, 9.17) is 4.74 Å². The van der Waals surface area contributed by atoms with Gasteiger partial charge in [0.1, 0.15) is 5.60 Å². The minimum Gasteiger partial charge on any atom is -0.444 e. The summed E-state index contributed by atoms with van der Waals surface area (Å²) in [5.74, 6) is 0.603. The predicted molar refractivity (Wildman–Crippen MR) is 67.2 cm³/mol. The lowest BCUT2D eigenvalue weighted by Crippen LogP contribution is -2.66. The van der Waals surface area contributed by atoms with Crippen LogP contribution in [0.2, 0.25) is 0 Å². The smallest absolute Gasteiger partial charge is 0.410 e. The molecule has 2 aliphatic carbocycles. The van der Waals surface area contributed by atoms with Crippen LogP contribution < -0.4 is 0 Å². The molecular formula is C14H23NO3. The summed E-state index contributed by atoms with van der Waals surface area (Å²) in [5, 5.41) is 10.5. The highest BCUT2D eigenvalue weighted by atomic mass is 16.6. The van der Waals surface area contributed by atoms with Crippen molar-refractivity contribution in [2.45, 2.75) is 76.2 Å². The predicted octanol–water partition coefficient (Wildman–Crippen LogP) is 2.30. The summed E-state index contributed by atoms with van der Waals surface area (Å²) in [6.07, 6.45) is 4.29. The summed E-state index contributed by atoms with van der Waals surface area (Å²) in [6, 6.07) is 0.382. The quantitative estimate of drug-likeness (QED) is 0.720. The first-order chi connectivity index (χ1) is 8.26. The van der Waals surface area contributed by atoms with Gasteiger partial charge in [0.15, 0.2) is 0 Å². The lowest BCUT2D eigenvalue weighted by molar-refractivity contribution is -0.151. The minimum absolute atomic E-state index is 0.191. The van der Waals surface area contributed by atoms with Crippen molar-refractivity contribution in [3.05, 3.63) is 0 Å². The molecule has 2 heterocycles. The number of aliphatic hydroxyl groups is 1. The third-order valence-electron chi connectivity index (χ3n) is 4.50. The van der Waals surface area contributed by atoms with Gasteiger partial charge < -0.3 is 14.7 Å². The van der Waals surface area contributed by atoms with Crippen molar-refractivity contribution in [3.8, 4) is 0 Å². The summed E-state index contributed by atoms with van der Waals surface area (Å²) in [7, 11) is 0. The highest BCUT2D eigenvalue weighted by Gasteiger charge is 2.55. The van der Waals surface area contributed by atoms with Crippen molar-refractivity contribution < 1.29 is 14.6 Å². The molecule has 2 aliphatic heterocycles. The van der Waals surface area contributed by atoms with E-state index in [9.17, 15) is 9.90 Å². The molecule has 2 saturated carbocycles. The lowest BCUT2D eigenvalue weighted by atomic mass is 9.61. The molecule has 2 unspecified atom stereocenters. The van der Waals surface area contributed by atoms with Gasteiger partial charge in [0.05, 0.1) is 5.60 Å². The number of carbonyl (C=O) groups excluding carboxylic acids is 1. The van der Waals surface area contributed by atoms with Gasteiger partial charge in [-0.1, -0.05) is 0 Å². The van der Waals surface area contributed by atoms with E-state index in [-0.39, 0.29) is 18.2 Å². The Balaban J connectivity index is 1.77. The largest absolute Gasteiger partial charge is 0.444 e. The van der Waals surface area contributed by atoms with Crippen molar-refractivity contribution in [3.63, 3.8) is 0 Å². The molecular weight excluding hydrogens is 230 g/mol. The molecule has 4 fully saturated rings. The van der Waals surface area contributed by atoms with Crippen LogP contribution in [0.4, 0.5) is 4.79 Å². The molecule has 4 nitrogen and oxygen atoms in total.